The molecule has 0 spiro atoms. The molecule has 1 aliphatic rings. The molecule has 2 aromatic heterocycles. The molecule has 0 radical (unpaired) electrons. The molecular weight excluding hydrogens is 396 g/mol. The lowest BCUT2D eigenvalue weighted by Gasteiger charge is -2.09. The molecule has 0 atom stereocenters. The molecule has 0 saturated heterocycles. The molecule has 0 amide bonds. The molecule has 5 rings (SSSR count). The Morgan fingerprint density at radius 2 is 1.87 bits per heavy atom. The molecule has 2 heterocycles. The Hall–Kier alpha value is -2.93. The SMILES string of the molecule is COc1ccc(OCCCSc2nnc(-c3c[nH]c4ccccc34)n2C2CC2)cc1. The van der Waals surface area contributed by atoms with Crippen LogP contribution in [-0.4, -0.2) is 39.2 Å². The van der Waals surface area contributed by atoms with Crippen LogP contribution in [0.1, 0.15) is 25.3 Å². The summed E-state index contributed by atoms with van der Waals surface area (Å²) in [6, 6.07) is 16.5. The molecule has 154 valence electrons. The maximum Gasteiger partial charge on any atom is 0.191 e. The van der Waals surface area contributed by atoms with E-state index in [0.717, 1.165) is 45.7 Å². The van der Waals surface area contributed by atoms with Gasteiger partial charge in [0, 0.05) is 34.5 Å². The third-order valence-electron chi connectivity index (χ3n) is 5.25. The number of aromatic amines is 1. The van der Waals surface area contributed by atoms with Crippen LogP contribution in [0.4, 0.5) is 0 Å². The number of hydrogen-bond acceptors (Lipinski definition) is 5. The number of fused-ring (bicyclic) bond motifs is 1. The number of H-pyrrole nitrogens is 1. The quantitative estimate of drug-likeness (QED) is 0.293. The van der Waals surface area contributed by atoms with Gasteiger partial charge in [-0.05, 0) is 49.6 Å². The Morgan fingerprint density at radius 1 is 1.07 bits per heavy atom. The average Bonchev–Trinajstić information content (AvgIpc) is 3.40. The smallest absolute Gasteiger partial charge is 0.191 e. The fourth-order valence-electron chi connectivity index (χ4n) is 3.56. The zero-order valence-electron chi connectivity index (χ0n) is 16.9. The summed E-state index contributed by atoms with van der Waals surface area (Å²) in [6.45, 7) is 0.673. The number of para-hydroxylation sites is 1. The number of ether oxygens (including phenoxy) is 2. The number of rotatable bonds is 9. The number of aromatic nitrogens is 4. The molecule has 1 aliphatic carbocycles. The molecule has 30 heavy (non-hydrogen) atoms. The van der Waals surface area contributed by atoms with E-state index >= 15 is 0 Å². The second kappa shape index (κ2) is 8.44. The van der Waals surface area contributed by atoms with Crippen LogP contribution in [0.15, 0.2) is 59.9 Å². The van der Waals surface area contributed by atoms with Crippen molar-refractivity contribution in [3.8, 4) is 22.9 Å². The van der Waals surface area contributed by atoms with Gasteiger partial charge in [0.05, 0.1) is 13.7 Å². The molecule has 0 bridgehead atoms. The van der Waals surface area contributed by atoms with Crippen LogP contribution in [0.5, 0.6) is 11.5 Å². The molecule has 4 aromatic rings. The van der Waals surface area contributed by atoms with E-state index in [9.17, 15) is 0 Å². The lowest BCUT2D eigenvalue weighted by Crippen LogP contribution is -2.02. The molecule has 7 heteroatoms. The summed E-state index contributed by atoms with van der Waals surface area (Å²) in [6.07, 6.45) is 5.38. The Morgan fingerprint density at radius 3 is 2.67 bits per heavy atom. The largest absolute Gasteiger partial charge is 0.497 e. The van der Waals surface area contributed by atoms with Gasteiger partial charge in [-0.3, -0.25) is 4.57 Å². The minimum Gasteiger partial charge on any atom is -0.497 e. The lowest BCUT2D eigenvalue weighted by molar-refractivity contribution is 0.318. The highest BCUT2D eigenvalue weighted by atomic mass is 32.2. The van der Waals surface area contributed by atoms with Gasteiger partial charge in [0.15, 0.2) is 11.0 Å². The van der Waals surface area contributed by atoms with Crippen molar-refractivity contribution in [2.75, 3.05) is 19.5 Å². The maximum atomic E-state index is 5.83. The fourth-order valence-corrected chi connectivity index (χ4v) is 4.48. The Kier molecular flexibility index (Phi) is 5.36. The van der Waals surface area contributed by atoms with Gasteiger partial charge in [0.2, 0.25) is 0 Å². The fraction of sp³-hybridized carbons (Fsp3) is 0.304. The van der Waals surface area contributed by atoms with E-state index in [1.807, 2.05) is 36.5 Å². The summed E-state index contributed by atoms with van der Waals surface area (Å²) in [7, 11) is 1.66. The Labute approximate surface area is 179 Å². The van der Waals surface area contributed by atoms with Gasteiger partial charge in [-0.2, -0.15) is 0 Å². The second-order valence-electron chi connectivity index (χ2n) is 7.38. The van der Waals surface area contributed by atoms with Gasteiger partial charge < -0.3 is 14.5 Å². The van der Waals surface area contributed by atoms with Crippen LogP contribution in [0.2, 0.25) is 0 Å². The monoisotopic (exact) mass is 420 g/mol. The normalized spacial score (nSPS) is 13.6. The first kappa shape index (κ1) is 19.1. The minimum atomic E-state index is 0.515. The Balaban J connectivity index is 1.23. The third-order valence-corrected chi connectivity index (χ3v) is 6.28. The summed E-state index contributed by atoms with van der Waals surface area (Å²) >= 11 is 1.76. The van der Waals surface area contributed by atoms with E-state index in [4.69, 9.17) is 9.47 Å². The number of methoxy groups -OCH3 is 1. The predicted octanol–water partition coefficient (Wildman–Crippen LogP) is 5.33. The summed E-state index contributed by atoms with van der Waals surface area (Å²) < 4.78 is 13.3. The number of nitrogens with zero attached hydrogens (tertiary/aromatic N) is 3. The summed E-state index contributed by atoms with van der Waals surface area (Å²) in [5, 5.41) is 11.3. The van der Waals surface area contributed by atoms with E-state index in [2.05, 4.69) is 37.9 Å². The van der Waals surface area contributed by atoms with Crippen molar-refractivity contribution in [2.45, 2.75) is 30.5 Å². The first-order valence-electron chi connectivity index (χ1n) is 10.2. The van der Waals surface area contributed by atoms with Gasteiger partial charge in [-0.25, -0.2) is 0 Å². The highest BCUT2D eigenvalue weighted by molar-refractivity contribution is 7.99. The van der Waals surface area contributed by atoms with Crippen molar-refractivity contribution >= 4 is 22.7 Å². The average molecular weight is 421 g/mol. The van der Waals surface area contributed by atoms with Crippen LogP contribution in [-0.2, 0) is 0 Å². The van der Waals surface area contributed by atoms with E-state index in [1.54, 1.807) is 18.9 Å². The molecule has 1 saturated carbocycles. The molecule has 6 nitrogen and oxygen atoms in total. The van der Waals surface area contributed by atoms with E-state index in [1.165, 1.54) is 18.2 Å². The third kappa shape index (κ3) is 3.89. The van der Waals surface area contributed by atoms with Crippen molar-refractivity contribution in [2.24, 2.45) is 0 Å². The van der Waals surface area contributed by atoms with Gasteiger partial charge in [-0.15, -0.1) is 10.2 Å². The van der Waals surface area contributed by atoms with Crippen molar-refractivity contribution < 1.29 is 9.47 Å². The summed E-state index contributed by atoms with van der Waals surface area (Å²) in [5.41, 5.74) is 2.25. The second-order valence-corrected chi connectivity index (χ2v) is 8.44. The molecular formula is C23H24N4O2S. The predicted molar refractivity (Wildman–Crippen MR) is 119 cm³/mol. The van der Waals surface area contributed by atoms with Crippen LogP contribution in [0, 0.1) is 0 Å². The van der Waals surface area contributed by atoms with Crippen LogP contribution in [0.3, 0.4) is 0 Å². The van der Waals surface area contributed by atoms with E-state index in [-0.39, 0.29) is 0 Å². The number of nitrogens with one attached hydrogen (secondary N) is 1. The van der Waals surface area contributed by atoms with Crippen molar-refractivity contribution in [1.82, 2.24) is 19.7 Å². The Bertz CT molecular complexity index is 1130. The van der Waals surface area contributed by atoms with E-state index in [0.29, 0.717) is 12.6 Å². The topological polar surface area (TPSA) is 65.0 Å². The van der Waals surface area contributed by atoms with Gasteiger partial charge in [0.25, 0.3) is 0 Å². The van der Waals surface area contributed by atoms with Crippen molar-refractivity contribution in [3.63, 3.8) is 0 Å². The standard InChI is InChI=1S/C23H24N4O2S/c1-28-17-9-11-18(12-10-17)29-13-4-14-30-23-26-25-22(27(23)16-7-8-16)20-15-24-21-6-3-2-5-19(20)21/h2-3,5-6,9-12,15-16,24H,4,7-8,13-14H2,1H3. The van der Waals surface area contributed by atoms with Crippen LogP contribution < -0.4 is 9.47 Å². The minimum absolute atomic E-state index is 0.515. The summed E-state index contributed by atoms with van der Waals surface area (Å²) in [4.78, 5) is 3.35. The summed E-state index contributed by atoms with van der Waals surface area (Å²) in [5.74, 6) is 3.60. The van der Waals surface area contributed by atoms with Gasteiger partial charge in [-0.1, -0.05) is 30.0 Å². The zero-order valence-corrected chi connectivity index (χ0v) is 17.7. The number of thioether (sulfide) groups is 1. The molecule has 0 aliphatic heterocycles. The van der Waals surface area contributed by atoms with Crippen LogP contribution in [0.25, 0.3) is 22.3 Å². The first-order valence-corrected chi connectivity index (χ1v) is 11.2. The lowest BCUT2D eigenvalue weighted by atomic mass is 10.1. The molecule has 0 unspecified atom stereocenters. The van der Waals surface area contributed by atoms with Gasteiger partial charge >= 0.3 is 0 Å². The molecule has 1 fully saturated rings. The molecule has 2 aromatic carbocycles. The van der Waals surface area contributed by atoms with Crippen molar-refractivity contribution in [3.05, 3.63) is 54.7 Å². The van der Waals surface area contributed by atoms with Crippen LogP contribution >= 0.6 is 11.8 Å². The molecule has 1 N–H and O–H groups in total. The van der Waals surface area contributed by atoms with Crippen molar-refractivity contribution in [1.29, 1.82) is 0 Å². The highest BCUT2D eigenvalue weighted by Crippen LogP contribution is 2.42. The highest BCUT2D eigenvalue weighted by Gasteiger charge is 2.30. The first-order chi connectivity index (χ1) is 14.8. The number of hydrogen-bond donors (Lipinski definition) is 1. The van der Waals surface area contributed by atoms with E-state index < -0.39 is 0 Å². The van der Waals surface area contributed by atoms with Gasteiger partial charge in [0.1, 0.15) is 11.5 Å². The maximum absolute atomic E-state index is 5.83. The zero-order chi connectivity index (χ0) is 20.3. The number of benzene rings is 2.